The van der Waals surface area contributed by atoms with Crippen LogP contribution in [0.1, 0.15) is 13.3 Å². The van der Waals surface area contributed by atoms with Gasteiger partial charge in [0, 0.05) is 19.0 Å². The van der Waals surface area contributed by atoms with Crippen molar-refractivity contribution in [1.82, 2.24) is 4.90 Å². The van der Waals surface area contributed by atoms with E-state index in [2.05, 4.69) is 0 Å². The van der Waals surface area contributed by atoms with Crippen molar-refractivity contribution in [1.29, 1.82) is 0 Å². The van der Waals surface area contributed by atoms with Crippen LogP contribution in [0, 0.1) is 5.92 Å². The molecule has 1 fully saturated rings. The van der Waals surface area contributed by atoms with E-state index in [4.69, 9.17) is 10.5 Å². The minimum absolute atomic E-state index is 0.0202. The van der Waals surface area contributed by atoms with E-state index in [0.29, 0.717) is 32.7 Å². The van der Waals surface area contributed by atoms with E-state index in [0.717, 1.165) is 0 Å². The summed E-state index contributed by atoms with van der Waals surface area (Å²) in [5.41, 5.74) is 5.49. The second-order valence-electron chi connectivity index (χ2n) is 3.50. The van der Waals surface area contributed by atoms with E-state index in [1.807, 2.05) is 0 Å². The molecule has 82 valence electrons. The van der Waals surface area contributed by atoms with Gasteiger partial charge in [-0.2, -0.15) is 0 Å². The van der Waals surface area contributed by atoms with Gasteiger partial charge in [-0.25, -0.2) is 4.79 Å². The number of piperidine rings is 1. The zero-order chi connectivity index (χ0) is 10.6. The number of hydrogen-bond donors (Lipinski definition) is 2. The van der Waals surface area contributed by atoms with E-state index >= 15 is 0 Å². The Morgan fingerprint density at radius 2 is 2.43 bits per heavy atom. The Labute approximate surface area is 83.8 Å². The van der Waals surface area contributed by atoms with E-state index in [9.17, 15) is 9.90 Å². The maximum atomic E-state index is 11.3. The number of nitrogens with two attached hydrogens (primary N) is 1. The maximum absolute atomic E-state index is 11.3. The smallest absolute Gasteiger partial charge is 0.409 e. The summed E-state index contributed by atoms with van der Waals surface area (Å²) in [6, 6.07) is 0. The number of likely N-dealkylation sites (tertiary alicyclic amines) is 1. The summed E-state index contributed by atoms with van der Waals surface area (Å²) in [5.74, 6) is -0.0202. The third kappa shape index (κ3) is 2.59. The molecule has 0 bridgehead atoms. The Kier molecular flexibility index (Phi) is 4.16. The predicted octanol–water partition coefficient (Wildman–Crippen LogP) is -0.216. The quantitative estimate of drug-likeness (QED) is 0.649. The summed E-state index contributed by atoms with van der Waals surface area (Å²) in [5, 5.41) is 9.54. The SMILES string of the molecule is CCOC(=O)N1CC[C@@H](O)[C@@H](CN)C1. The molecule has 1 aliphatic rings. The van der Waals surface area contributed by atoms with Gasteiger partial charge in [0.05, 0.1) is 12.7 Å². The fourth-order valence-corrected chi connectivity index (χ4v) is 1.63. The molecular weight excluding hydrogens is 184 g/mol. The molecule has 1 heterocycles. The first-order valence-electron chi connectivity index (χ1n) is 4.98. The summed E-state index contributed by atoms with van der Waals surface area (Å²) in [6.45, 7) is 3.60. The molecule has 0 radical (unpaired) electrons. The molecule has 1 saturated heterocycles. The molecule has 0 saturated carbocycles. The number of hydrogen-bond acceptors (Lipinski definition) is 4. The highest BCUT2D eigenvalue weighted by atomic mass is 16.6. The lowest BCUT2D eigenvalue weighted by molar-refractivity contribution is 0.0247. The van der Waals surface area contributed by atoms with Gasteiger partial charge in [0.1, 0.15) is 0 Å². The van der Waals surface area contributed by atoms with Crippen LogP contribution in [0.15, 0.2) is 0 Å². The van der Waals surface area contributed by atoms with Crippen LogP contribution in [0.3, 0.4) is 0 Å². The van der Waals surface area contributed by atoms with Crippen LogP contribution in [0.25, 0.3) is 0 Å². The first-order chi connectivity index (χ1) is 6.69. The molecule has 0 unspecified atom stereocenters. The zero-order valence-electron chi connectivity index (χ0n) is 8.48. The van der Waals surface area contributed by atoms with Crippen molar-refractivity contribution in [3.05, 3.63) is 0 Å². The first kappa shape index (κ1) is 11.3. The maximum Gasteiger partial charge on any atom is 0.409 e. The molecule has 0 aliphatic carbocycles. The summed E-state index contributed by atoms with van der Waals surface area (Å²) in [6.07, 6.45) is -0.107. The number of carbonyl (C=O) groups is 1. The molecule has 5 nitrogen and oxygen atoms in total. The second-order valence-corrected chi connectivity index (χ2v) is 3.50. The van der Waals surface area contributed by atoms with Crippen molar-refractivity contribution in [2.75, 3.05) is 26.2 Å². The van der Waals surface area contributed by atoms with E-state index in [-0.39, 0.29) is 18.1 Å². The van der Waals surface area contributed by atoms with Crippen molar-refractivity contribution >= 4 is 6.09 Å². The lowest BCUT2D eigenvalue weighted by atomic mass is 9.95. The number of nitrogens with zero attached hydrogens (tertiary/aromatic N) is 1. The largest absolute Gasteiger partial charge is 0.450 e. The summed E-state index contributed by atoms with van der Waals surface area (Å²) >= 11 is 0. The van der Waals surface area contributed by atoms with Gasteiger partial charge >= 0.3 is 6.09 Å². The van der Waals surface area contributed by atoms with Gasteiger partial charge in [0.15, 0.2) is 0 Å². The molecule has 2 atom stereocenters. The Morgan fingerprint density at radius 1 is 1.71 bits per heavy atom. The monoisotopic (exact) mass is 202 g/mol. The first-order valence-corrected chi connectivity index (χ1v) is 4.98. The lowest BCUT2D eigenvalue weighted by Crippen LogP contribution is -2.48. The molecule has 14 heavy (non-hydrogen) atoms. The van der Waals surface area contributed by atoms with Gasteiger partial charge < -0.3 is 20.5 Å². The normalized spacial score (nSPS) is 27.5. The average Bonchev–Trinajstić information content (AvgIpc) is 2.19. The number of ether oxygens (including phenoxy) is 1. The molecule has 0 aromatic rings. The number of rotatable bonds is 2. The van der Waals surface area contributed by atoms with E-state index in [1.54, 1.807) is 11.8 Å². The van der Waals surface area contributed by atoms with Crippen LogP contribution in [0.5, 0.6) is 0 Å². The zero-order valence-corrected chi connectivity index (χ0v) is 8.48. The van der Waals surface area contributed by atoms with Crippen molar-refractivity contribution < 1.29 is 14.6 Å². The average molecular weight is 202 g/mol. The highest BCUT2D eigenvalue weighted by molar-refractivity contribution is 5.67. The Hall–Kier alpha value is -0.810. The van der Waals surface area contributed by atoms with Crippen LogP contribution in [0.4, 0.5) is 4.79 Å². The minimum atomic E-state index is -0.384. The number of aliphatic hydroxyl groups excluding tert-OH is 1. The molecular formula is C9H18N2O3. The molecule has 5 heteroatoms. The Morgan fingerprint density at radius 3 is 3.00 bits per heavy atom. The van der Waals surface area contributed by atoms with E-state index in [1.165, 1.54) is 0 Å². The second kappa shape index (κ2) is 5.17. The van der Waals surface area contributed by atoms with Gasteiger partial charge in [-0.15, -0.1) is 0 Å². The number of aliphatic hydroxyl groups is 1. The van der Waals surface area contributed by atoms with Crippen molar-refractivity contribution in [3.8, 4) is 0 Å². The highest BCUT2D eigenvalue weighted by Crippen LogP contribution is 2.16. The summed E-state index contributed by atoms with van der Waals surface area (Å²) in [7, 11) is 0. The molecule has 0 aromatic heterocycles. The molecule has 0 spiro atoms. The van der Waals surface area contributed by atoms with Gasteiger partial charge in [-0.3, -0.25) is 0 Å². The summed E-state index contributed by atoms with van der Waals surface area (Å²) in [4.78, 5) is 13.0. The Balaban J connectivity index is 2.45. The lowest BCUT2D eigenvalue weighted by Gasteiger charge is -2.34. The molecule has 1 aliphatic heterocycles. The van der Waals surface area contributed by atoms with Crippen molar-refractivity contribution in [2.45, 2.75) is 19.4 Å². The highest BCUT2D eigenvalue weighted by Gasteiger charge is 2.29. The number of amides is 1. The van der Waals surface area contributed by atoms with Crippen LogP contribution in [0.2, 0.25) is 0 Å². The van der Waals surface area contributed by atoms with Crippen LogP contribution in [-0.4, -0.2) is 48.4 Å². The van der Waals surface area contributed by atoms with Crippen molar-refractivity contribution in [3.63, 3.8) is 0 Å². The molecule has 0 aromatic carbocycles. The van der Waals surface area contributed by atoms with Gasteiger partial charge in [-0.05, 0) is 19.9 Å². The third-order valence-corrected chi connectivity index (χ3v) is 2.52. The third-order valence-electron chi connectivity index (χ3n) is 2.52. The van der Waals surface area contributed by atoms with Crippen LogP contribution >= 0.6 is 0 Å². The Bertz CT molecular complexity index is 198. The van der Waals surface area contributed by atoms with Gasteiger partial charge in [0.25, 0.3) is 0 Å². The fraction of sp³-hybridized carbons (Fsp3) is 0.889. The topological polar surface area (TPSA) is 75.8 Å². The summed E-state index contributed by atoms with van der Waals surface area (Å²) < 4.78 is 4.87. The fourth-order valence-electron chi connectivity index (χ4n) is 1.63. The predicted molar refractivity (Wildman–Crippen MR) is 51.8 cm³/mol. The van der Waals surface area contributed by atoms with Crippen LogP contribution in [-0.2, 0) is 4.74 Å². The number of carbonyl (C=O) groups excluding carboxylic acids is 1. The molecule has 3 N–H and O–H groups in total. The minimum Gasteiger partial charge on any atom is -0.450 e. The standard InChI is InChI=1S/C9H18N2O3/c1-2-14-9(13)11-4-3-8(12)7(5-10)6-11/h7-8,12H,2-6,10H2,1H3/t7-,8+/m0/s1. The van der Waals surface area contributed by atoms with Crippen LogP contribution < -0.4 is 5.73 Å². The van der Waals surface area contributed by atoms with Gasteiger partial charge in [0.2, 0.25) is 0 Å². The van der Waals surface area contributed by atoms with Crippen molar-refractivity contribution in [2.24, 2.45) is 11.7 Å². The molecule has 1 rings (SSSR count). The molecule has 1 amide bonds. The van der Waals surface area contributed by atoms with E-state index < -0.39 is 0 Å². The van der Waals surface area contributed by atoms with Gasteiger partial charge in [-0.1, -0.05) is 0 Å².